The van der Waals surface area contributed by atoms with E-state index in [0.717, 1.165) is 12.8 Å². The number of nitrogen functional groups attached to an aromatic ring is 1. The van der Waals surface area contributed by atoms with Crippen LogP contribution in [0.5, 0.6) is 0 Å². The molecule has 1 heterocycles. The molecule has 3 nitrogen and oxygen atoms in total. The molecule has 86 valence electrons. The van der Waals surface area contributed by atoms with Gasteiger partial charge in [0.15, 0.2) is 0 Å². The lowest BCUT2D eigenvalue weighted by Crippen LogP contribution is -2.05. The quantitative estimate of drug-likeness (QED) is 0.783. The summed E-state index contributed by atoms with van der Waals surface area (Å²) in [6, 6.07) is 0. The van der Waals surface area contributed by atoms with Crippen molar-refractivity contribution in [1.29, 1.82) is 0 Å². The van der Waals surface area contributed by atoms with Crippen LogP contribution in [0.3, 0.4) is 0 Å². The highest BCUT2D eigenvalue weighted by Gasteiger charge is 2.18. The fourth-order valence-corrected chi connectivity index (χ4v) is 2.16. The number of nitrogens with one attached hydrogen (secondary N) is 1. The lowest BCUT2D eigenvalue weighted by Gasteiger charge is -2.17. The number of anilines is 1. The first-order valence-electron chi connectivity index (χ1n) is 5.92. The molecule has 0 fully saturated rings. The van der Waals surface area contributed by atoms with Gasteiger partial charge in [0.25, 0.3) is 0 Å². The Bertz CT molecular complexity index is 302. The maximum atomic E-state index is 5.83. The second-order valence-corrected chi connectivity index (χ2v) is 4.59. The minimum Gasteiger partial charge on any atom is -0.382 e. The van der Waals surface area contributed by atoms with Crippen molar-refractivity contribution in [3.63, 3.8) is 0 Å². The van der Waals surface area contributed by atoms with Gasteiger partial charge in [0, 0.05) is 17.2 Å². The Labute approximate surface area is 92.5 Å². The third kappa shape index (κ3) is 2.74. The number of nitrogens with zero attached hydrogens (tertiary/aromatic N) is 1. The smallest absolute Gasteiger partial charge is 0.148 e. The van der Waals surface area contributed by atoms with E-state index in [1.807, 2.05) is 0 Å². The van der Waals surface area contributed by atoms with Crippen LogP contribution in [0.2, 0.25) is 0 Å². The molecule has 0 radical (unpaired) electrons. The fourth-order valence-electron chi connectivity index (χ4n) is 2.16. The third-order valence-corrected chi connectivity index (χ3v) is 2.94. The molecule has 0 spiro atoms. The van der Waals surface area contributed by atoms with Crippen molar-refractivity contribution < 1.29 is 0 Å². The van der Waals surface area contributed by atoms with Gasteiger partial charge in [-0.05, 0) is 25.2 Å². The molecule has 0 saturated carbocycles. The molecule has 0 amide bonds. The summed E-state index contributed by atoms with van der Waals surface area (Å²) < 4.78 is 0. The Kier molecular flexibility index (Phi) is 4.18. The van der Waals surface area contributed by atoms with Crippen LogP contribution in [0.15, 0.2) is 0 Å². The molecule has 15 heavy (non-hydrogen) atoms. The molecule has 0 aliphatic rings. The van der Waals surface area contributed by atoms with Gasteiger partial charge in [0.05, 0.1) is 0 Å². The van der Waals surface area contributed by atoms with Gasteiger partial charge in [-0.2, -0.15) is 5.10 Å². The number of rotatable bonds is 5. The van der Waals surface area contributed by atoms with E-state index >= 15 is 0 Å². The van der Waals surface area contributed by atoms with Gasteiger partial charge in [-0.25, -0.2) is 0 Å². The molecule has 0 bridgehead atoms. The van der Waals surface area contributed by atoms with Crippen molar-refractivity contribution >= 4 is 5.82 Å². The average Bonchev–Trinajstić information content (AvgIpc) is 2.55. The van der Waals surface area contributed by atoms with Crippen LogP contribution in [0.25, 0.3) is 0 Å². The number of nitrogens with two attached hydrogens (primary N) is 1. The zero-order chi connectivity index (χ0) is 11.4. The maximum absolute atomic E-state index is 5.83. The zero-order valence-electron chi connectivity index (χ0n) is 10.3. The lowest BCUT2D eigenvalue weighted by atomic mass is 9.89. The summed E-state index contributed by atoms with van der Waals surface area (Å²) in [4.78, 5) is 0. The van der Waals surface area contributed by atoms with Crippen LogP contribution in [-0.2, 0) is 6.42 Å². The van der Waals surface area contributed by atoms with E-state index in [1.54, 1.807) is 0 Å². The molecule has 1 unspecified atom stereocenters. The maximum Gasteiger partial charge on any atom is 0.148 e. The Morgan fingerprint density at radius 2 is 2.00 bits per heavy atom. The third-order valence-electron chi connectivity index (χ3n) is 2.94. The highest BCUT2D eigenvalue weighted by Crippen LogP contribution is 2.30. The molecule has 1 aromatic rings. The van der Waals surface area contributed by atoms with Gasteiger partial charge < -0.3 is 5.73 Å². The molecule has 0 aliphatic heterocycles. The molecular weight excluding hydrogens is 186 g/mol. The van der Waals surface area contributed by atoms with Gasteiger partial charge in [-0.3, -0.25) is 5.10 Å². The van der Waals surface area contributed by atoms with Crippen LogP contribution in [-0.4, -0.2) is 10.2 Å². The van der Waals surface area contributed by atoms with Crippen LogP contribution in [0, 0.1) is 5.92 Å². The summed E-state index contributed by atoms with van der Waals surface area (Å²) in [5.41, 5.74) is 8.30. The lowest BCUT2D eigenvalue weighted by molar-refractivity contribution is 0.479. The number of aromatic nitrogens is 2. The molecule has 1 rings (SSSR count). The second-order valence-electron chi connectivity index (χ2n) is 4.59. The first kappa shape index (κ1) is 12.1. The van der Waals surface area contributed by atoms with Gasteiger partial charge in [-0.1, -0.05) is 27.7 Å². The van der Waals surface area contributed by atoms with Crippen LogP contribution in [0.1, 0.15) is 57.7 Å². The molecule has 0 aromatic carbocycles. The van der Waals surface area contributed by atoms with E-state index in [-0.39, 0.29) is 0 Å². The molecule has 3 N–H and O–H groups in total. The van der Waals surface area contributed by atoms with Crippen molar-refractivity contribution in [3.05, 3.63) is 11.3 Å². The average molecular weight is 209 g/mol. The Hall–Kier alpha value is -0.990. The van der Waals surface area contributed by atoms with Gasteiger partial charge >= 0.3 is 0 Å². The van der Waals surface area contributed by atoms with Crippen molar-refractivity contribution in [2.45, 2.75) is 52.9 Å². The molecule has 0 saturated heterocycles. The Morgan fingerprint density at radius 3 is 2.47 bits per heavy atom. The van der Waals surface area contributed by atoms with E-state index in [9.17, 15) is 0 Å². The predicted octanol–water partition coefficient (Wildman–Crippen LogP) is 3.09. The molecule has 1 atom stereocenters. The Balaban J connectivity index is 2.90. The van der Waals surface area contributed by atoms with Crippen molar-refractivity contribution in [2.24, 2.45) is 5.92 Å². The van der Waals surface area contributed by atoms with Crippen LogP contribution in [0.4, 0.5) is 5.82 Å². The van der Waals surface area contributed by atoms with Gasteiger partial charge in [-0.15, -0.1) is 0 Å². The van der Waals surface area contributed by atoms with E-state index in [4.69, 9.17) is 5.73 Å². The highest BCUT2D eigenvalue weighted by atomic mass is 15.2. The Morgan fingerprint density at radius 1 is 1.33 bits per heavy atom. The predicted molar refractivity (Wildman–Crippen MR) is 64.9 cm³/mol. The normalized spacial score (nSPS) is 13.4. The number of hydrogen-bond acceptors (Lipinski definition) is 2. The van der Waals surface area contributed by atoms with Crippen molar-refractivity contribution in [1.82, 2.24) is 10.2 Å². The molecular formula is C12H23N3. The summed E-state index contributed by atoms with van der Waals surface area (Å²) in [6.07, 6.45) is 3.31. The van der Waals surface area contributed by atoms with Crippen molar-refractivity contribution in [3.8, 4) is 0 Å². The summed E-state index contributed by atoms with van der Waals surface area (Å²) in [6.45, 7) is 8.87. The van der Waals surface area contributed by atoms with E-state index in [1.165, 1.54) is 17.7 Å². The van der Waals surface area contributed by atoms with E-state index in [2.05, 4.69) is 37.9 Å². The fraction of sp³-hybridized carbons (Fsp3) is 0.750. The molecule has 0 aliphatic carbocycles. The van der Waals surface area contributed by atoms with Gasteiger partial charge in [0.2, 0.25) is 0 Å². The van der Waals surface area contributed by atoms with Crippen LogP contribution < -0.4 is 5.73 Å². The standard InChI is InChI=1S/C12H23N3/c1-5-9(7-8(3)4)11-10(6-2)12(13)15-14-11/h8-9H,5-7H2,1-4H3,(H3,13,14,15). The highest BCUT2D eigenvalue weighted by molar-refractivity contribution is 5.43. The van der Waals surface area contributed by atoms with Crippen LogP contribution >= 0.6 is 0 Å². The number of aromatic amines is 1. The van der Waals surface area contributed by atoms with E-state index in [0.29, 0.717) is 17.7 Å². The van der Waals surface area contributed by atoms with E-state index < -0.39 is 0 Å². The second kappa shape index (κ2) is 5.19. The van der Waals surface area contributed by atoms with Crippen molar-refractivity contribution in [2.75, 3.05) is 5.73 Å². The summed E-state index contributed by atoms with van der Waals surface area (Å²) in [5, 5.41) is 7.22. The minimum atomic E-state index is 0.574. The molecule has 1 aromatic heterocycles. The summed E-state index contributed by atoms with van der Waals surface area (Å²) in [5.74, 6) is 1.96. The molecule has 3 heteroatoms. The monoisotopic (exact) mass is 209 g/mol. The number of hydrogen-bond donors (Lipinski definition) is 2. The summed E-state index contributed by atoms with van der Waals surface area (Å²) >= 11 is 0. The first-order chi connectivity index (χ1) is 7.10. The number of H-pyrrole nitrogens is 1. The SMILES string of the molecule is CCc1c(N)n[nH]c1C(CC)CC(C)C. The first-order valence-corrected chi connectivity index (χ1v) is 5.92. The van der Waals surface area contributed by atoms with Gasteiger partial charge in [0.1, 0.15) is 5.82 Å². The zero-order valence-corrected chi connectivity index (χ0v) is 10.3. The largest absolute Gasteiger partial charge is 0.382 e. The minimum absolute atomic E-state index is 0.574. The summed E-state index contributed by atoms with van der Waals surface area (Å²) in [7, 11) is 0. The topological polar surface area (TPSA) is 54.7 Å².